The van der Waals surface area contributed by atoms with Gasteiger partial charge in [0.05, 0.1) is 11.7 Å². The molecular weight excluding hydrogens is 447 g/mol. The van der Waals surface area contributed by atoms with E-state index in [0.29, 0.717) is 26.1 Å². The Morgan fingerprint density at radius 1 is 1.26 bits per heavy atom. The number of carbonyl (C=O) groups is 1. The Morgan fingerprint density at radius 3 is 2.91 bits per heavy atom. The molecule has 1 unspecified atom stereocenters. The number of hydrogen-bond acceptors (Lipinski definition) is 5. The molecule has 2 aliphatic rings. The Labute approximate surface area is 197 Å². The lowest BCUT2D eigenvalue weighted by Crippen LogP contribution is -2.33. The fraction of sp³-hybridized carbons (Fsp3) is 0.520. The van der Waals surface area contributed by atoms with Gasteiger partial charge in [-0.15, -0.1) is 0 Å². The number of nitrogens with one attached hydrogen (secondary N) is 1. The molecule has 2 N–H and O–H groups in total. The van der Waals surface area contributed by atoms with Crippen molar-refractivity contribution in [2.24, 2.45) is 0 Å². The number of pyridine rings is 1. The monoisotopic (exact) mass is 477 g/mol. The van der Waals surface area contributed by atoms with Crippen molar-refractivity contribution in [2.75, 3.05) is 31.6 Å². The first-order valence-corrected chi connectivity index (χ1v) is 11.8. The van der Waals surface area contributed by atoms with E-state index >= 15 is 0 Å². The van der Waals surface area contributed by atoms with Crippen molar-refractivity contribution in [3.8, 4) is 0 Å². The molecule has 3 heterocycles. The molecule has 0 radical (unpaired) electrons. The highest BCUT2D eigenvalue weighted by molar-refractivity contribution is 5.75. The highest BCUT2D eigenvalue weighted by atomic mass is 19.4. The number of carboxylic acids is 1. The van der Waals surface area contributed by atoms with Crippen LogP contribution in [0.15, 0.2) is 36.4 Å². The van der Waals surface area contributed by atoms with E-state index < -0.39 is 23.8 Å². The average Bonchev–Trinajstić information content (AvgIpc) is 3.26. The number of benzene rings is 1. The summed E-state index contributed by atoms with van der Waals surface area (Å²) in [5.41, 5.74) is 1.63. The van der Waals surface area contributed by atoms with Gasteiger partial charge in [-0.3, -0.25) is 9.69 Å². The zero-order chi connectivity index (χ0) is 24.1. The zero-order valence-corrected chi connectivity index (χ0v) is 19.0. The Balaban J connectivity index is 1.24. The SMILES string of the molecule is O=C(O)C(c1cccc(C(F)(F)F)c1)N1CC[C@@H](OCCCCc2ccc3c(n2)NCCC3)C1. The van der Waals surface area contributed by atoms with Crippen LogP contribution in [0.25, 0.3) is 0 Å². The molecule has 9 heteroatoms. The molecular formula is C25H30F3N3O3. The summed E-state index contributed by atoms with van der Waals surface area (Å²) in [7, 11) is 0. The second-order valence-electron chi connectivity index (χ2n) is 8.94. The van der Waals surface area contributed by atoms with Gasteiger partial charge in [0.2, 0.25) is 0 Å². The Bertz CT molecular complexity index is 999. The molecule has 2 aromatic rings. The van der Waals surface area contributed by atoms with Crippen LogP contribution in [0.2, 0.25) is 0 Å². The maximum Gasteiger partial charge on any atom is 0.416 e. The summed E-state index contributed by atoms with van der Waals surface area (Å²) in [5.74, 6) is -0.160. The van der Waals surface area contributed by atoms with Crippen LogP contribution >= 0.6 is 0 Å². The molecule has 184 valence electrons. The highest BCUT2D eigenvalue weighted by Crippen LogP contribution is 2.33. The maximum absolute atomic E-state index is 13.1. The number of anilines is 1. The quantitative estimate of drug-likeness (QED) is 0.510. The molecule has 0 aliphatic carbocycles. The van der Waals surface area contributed by atoms with E-state index in [4.69, 9.17) is 9.72 Å². The van der Waals surface area contributed by atoms with Gasteiger partial charge in [0.1, 0.15) is 11.9 Å². The number of carboxylic acid groups (broad SMARTS) is 1. The second kappa shape index (κ2) is 10.7. The number of nitrogens with zero attached hydrogens (tertiary/aromatic N) is 2. The highest BCUT2D eigenvalue weighted by Gasteiger charge is 2.36. The predicted molar refractivity (Wildman–Crippen MR) is 122 cm³/mol. The minimum Gasteiger partial charge on any atom is -0.480 e. The van der Waals surface area contributed by atoms with Crippen LogP contribution in [-0.2, 0) is 28.5 Å². The molecule has 0 saturated carbocycles. The van der Waals surface area contributed by atoms with E-state index in [2.05, 4.69) is 17.4 Å². The van der Waals surface area contributed by atoms with Gasteiger partial charge in [0.25, 0.3) is 0 Å². The molecule has 1 saturated heterocycles. The topological polar surface area (TPSA) is 74.7 Å². The number of halogens is 3. The van der Waals surface area contributed by atoms with Crippen LogP contribution in [0, 0.1) is 0 Å². The lowest BCUT2D eigenvalue weighted by atomic mass is 10.0. The normalized spacial score (nSPS) is 19.4. The largest absolute Gasteiger partial charge is 0.480 e. The fourth-order valence-electron chi connectivity index (χ4n) is 4.69. The van der Waals surface area contributed by atoms with Crippen molar-refractivity contribution in [3.05, 3.63) is 58.8 Å². The van der Waals surface area contributed by atoms with Crippen LogP contribution in [0.4, 0.5) is 19.0 Å². The predicted octanol–water partition coefficient (Wildman–Crippen LogP) is 4.70. The van der Waals surface area contributed by atoms with Crippen molar-refractivity contribution in [3.63, 3.8) is 0 Å². The number of aliphatic carboxylic acids is 1. The third-order valence-electron chi connectivity index (χ3n) is 6.44. The molecule has 4 rings (SSSR count). The van der Waals surface area contributed by atoms with Gasteiger partial charge in [-0.1, -0.05) is 18.2 Å². The van der Waals surface area contributed by atoms with Crippen molar-refractivity contribution < 1.29 is 27.8 Å². The molecule has 1 aromatic heterocycles. The van der Waals surface area contributed by atoms with E-state index in [-0.39, 0.29) is 11.7 Å². The molecule has 1 aromatic carbocycles. The summed E-state index contributed by atoms with van der Waals surface area (Å²) in [6.45, 7) is 2.37. The van der Waals surface area contributed by atoms with Crippen LogP contribution in [0.1, 0.15) is 54.1 Å². The number of rotatable bonds is 9. The number of hydrogen-bond donors (Lipinski definition) is 2. The standard InChI is InChI=1S/C25H30F3N3O3/c26-25(27,28)19-7-3-5-18(15-19)22(24(32)33)31-13-11-21(16-31)34-14-2-1-8-20-10-9-17-6-4-12-29-23(17)30-20/h3,5,7,9-10,15,21-22H,1-2,4,6,8,11-14,16H2,(H,29,30)(H,32,33)/t21-,22?/m1/s1. The smallest absolute Gasteiger partial charge is 0.416 e. The summed E-state index contributed by atoms with van der Waals surface area (Å²) in [5, 5.41) is 13.1. The molecule has 0 amide bonds. The van der Waals surface area contributed by atoms with Crippen LogP contribution in [0.5, 0.6) is 0 Å². The minimum atomic E-state index is -4.51. The minimum absolute atomic E-state index is 0.126. The van der Waals surface area contributed by atoms with E-state index in [1.165, 1.54) is 17.7 Å². The first kappa shape index (κ1) is 24.5. The molecule has 34 heavy (non-hydrogen) atoms. The van der Waals surface area contributed by atoms with Crippen molar-refractivity contribution in [1.29, 1.82) is 0 Å². The van der Waals surface area contributed by atoms with Gasteiger partial charge in [0.15, 0.2) is 0 Å². The Kier molecular flexibility index (Phi) is 7.73. The molecule has 2 aliphatic heterocycles. The molecule has 0 bridgehead atoms. The number of fused-ring (bicyclic) bond motifs is 1. The van der Waals surface area contributed by atoms with Gasteiger partial charge in [-0.2, -0.15) is 13.2 Å². The van der Waals surface area contributed by atoms with Crippen molar-refractivity contribution in [1.82, 2.24) is 9.88 Å². The van der Waals surface area contributed by atoms with E-state index in [9.17, 15) is 23.1 Å². The number of unbranched alkanes of at least 4 members (excludes halogenated alkanes) is 1. The summed E-state index contributed by atoms with van der Waals surface area (Å²) in [6, 6.07) is 7.68. The van der Waals surface area contributed by atoms with Crippen LogP contribution < -0.4 is 5.32 Å². The Hall–Kier alpha value is -2.65. The van der Waals surface area contributed by atoms with Crippen molar-refractivity contribution in [2.45, 2.75) is 56.8 Å². The first-order chi connectivity index (χ1) is 16.3. The third-order valence-corrected chi connectivity index (χ3v) is 6.44. The molecule has 1 fully saturated rings. The number of likely N-dealkylation sites (tertiary alicyclic amines) is 1. The Morgan fingerprint density at radius 2 is 2.12 bits per heavy atom. The lowest BCUT2D eigenvalue weighted by Gasteiger charge is -2.25. The number of aromatic nitrogens is 1. The average molecular weight is 478 g/mol. The zero-order valence-electron chi connectivity index (χ0n) is 19.0. The van der Waals surface area contributed by atoms with Crippen molar-refractivity contribution >= 4 is 11.8 Å². The summed E-state index contributed by atoms with van der Waals surface area (Å²) in [4.78, 5) is 18.3. The summed E-state index contributed by atoms with van der Waals surface area (Å²) < 4.78 is 45.2. The lowest BCUT2D eigenvalue weighted by molar-refractivity contribution is -0.144. The van der Waals surface area contributed by atoms with Crippen LogP contribution in [0.3, 0.4) is 0 Å². The third kappa shape index (κ3) is 6.07. The second-order valence-corrected chi connectivity index (χ2v) is 8.94. The van der Waals surface area contributed by atoms with E-state index in [1.54, 1.807) is 4.90 Å². The van der Waals surface area contributed by atoms with Gasteiger partial charge in [-0.25, -0.2) is 4.98 Å². The molecule has 0 spiro atoms. The van der Waals surface area contributed by atoms with Gasteiger partial charge in [-0.05, 0) is 67.9 Å². The molecule has 2 atom stereocenters. The summed E-state index contributed by atoms with van der Waals surface area (Å²) in [6.07, 6.45) is 0.880. The number of aryl methyl sites for hydroxylation is 2. The maximum atomic E-state index is 13.1. The van der Waals surface area contributed by atoms with Gasteiger partial charge in [0, 0.05) is 31.9 Å². The van der Waals surface area contributed by atoms with E-state index in [1.807, 2.05) is 0 Å². The fourth-order valence-corrected chi connectivity index (χ4v) is 4.69. The number of ether oxygens (including phenoxy) is 1. The summed E-state index contributed by atoms with van der Waals surface area (Å²) >= 11 is 0. The number of alkyl halides is 3. The van der Waals surface area contributed by atoms with Crippen LogP contribution in [-0.4, -0.2) is 53.3 Å². The molecule has 6 nitrogen and oxygen atoms in total. The van der Waals surface area contributed by atoms with E-state index in [0.717, 1.165) is 62.3 Å². The first-order valence-electron chi connectivity index (χ1n) is 11.8. The van der Waals surface area contributed by atoms with Gasteiger partial charge >= 0.3 is 12.1 Å². The van der Waals surface area contributed by atoms with Gasteiger partial charge < -0.3 is 15.2 Å².